The molecule has 4 nitrogen and oxygen atoms in total. The summed E-state index contributed by atoms with van der Waals surface area (Å²) >= 11 is 0. The topological polar surface area (TPSA) is 59.2 Å². The van der Waals surface area contributed by atoms with Crippen molar-refractivity contribution in [1.29, 1.82) is 0 Å². The molecule has 2 aromatic rings. The summed E-state index contributed by atoms with van der Waals surface area (Å²) in [7, 11) is 0. The SMILES string of the molecule is CCCc1noc(-c2ccc(C)c(O)c2)n1. The van der Waals surface area contributed by atoms with E-state index in [-0.39, 0.29) is 5.75 Å². The molecule has 0 bridgehead atoms. The van der Waals surface area contributed by atoms with E-state index in [0.29, 0.717) is 11.7 Å². The van der Waals surface area contributed by atoms with E-state index in [9.17, 15) is 5.11 Å². The van der Waals surface area contributed by atoms with Gasteiger partial charge in [-0.25, -0.2) is 0 Å². The molecule has 1 aromatic carbocycles. The van der Waals surface area contributed by atoms with Crippen molar-refractivity contribution < 1.29 is 9.63 Å². The van der Waals surface area contributed by atoms with Gasteiger partial charge in [-0.3, -0.25) is 0 Å². The molecule has 0 radical (unpaired) electrons. The Hall–Kier alpha value is -1.84. The van der Waals surface area contributed by atoms with Crippen molar-refractivity contribution in [3.8, 4) is 17.2 Å². The highest BCUT2D eigenvalue weighted by atomic mass is 16.5. The normalized spacial score (nSPS) is 10.6. The highest BCUT2D eigenvalue weighted by Gasteiger charge is 2.09. The smallest absolute Gasteiger partial charge is 0.258 e. The standard InChI is InChI=1S/C12H14N2O2/c1-3-4-11-13-12(16-14-11)9-6-5-8(2)10(15)7-9/h5-7,15H,3-4H2,1-2H3. The summed E-state index contributed by atoms with van der Waals surface area (Å²) in [5.41, 5.74) is 1.58. The molecule has 1 N–H and O–H groups in total. The lowest BCUT2D eigenvalue weighted by Crippen LogP contribution is -1.85. The summed E-state index contributed by atoms with van der Waals surface area (Å²) in [5.74, 6) is 1.41. The van der Waals surface area contributed by atoms with Gasteiger partial charge in [0.1, 0.15) is 5.75 Å². The van der Waals surface area contributed by atoms with Gasteiger partial charge in [-0.15, -0.1) is 0 Å². The first-order valence-electron chi connectivity index (χ1n) is 5.33. The van der Waals surface area contributed by atoms with Crippen molar-refractivity contribution in [3.05, 3.63) is 29.6 Å². The van der Waals surface area contributed by atoms with Gasteiger partial charge in [0.15, 0.2) is 5.82 Å². The zero-order valence-corrected chi connectivity index (χ0v) is 9.40. The second-order valence-corrected chi connectivity index (χ2v) is 3.77. The van der Waals surface area contributed by atoms with E-state index in [2.05, 4.69) is 17.1 Å². The molecule has 0 aliphatic heterocycles. The maximum atomic E-state index is 9.58. The average Bonchev–Trinajstić information content (AvgIpc) is 2.71. The summed E-state index contributed by atoms with van der Waals surface area (Å²) in [6, 6.07) is 5.32. The molecule has 84 valence electrons. The van der Waals surface area contributed by atoms with Crippen LogP contribution in [0.15, 0.2) is 22.7 Å². The highest BCUT2D eigenvalue weighted by molar-refractivity contribution is 5.57. The van der Waals surface area contributed by atoms with E-state index in [1.54, 1.807) is 6.07 Å². The van der Waals surface area contributed by atoms with Gasteiger partial charge in [-0.05, 0) is 31.0 Å². The lowest BCUT2D eigenvalue weighted by molar-refractivity contribution is 0.421. The Bertz CT molecular complexity index is 492. The van der Waals surface area contributed by atoms with Crippen molar-refractivity contribution in [2.75, 3.05) is 0 Å². The quantitative estimate of drug-likeness (QED) is 0.860. The molecule has 1 aromatic heterocycles. The zero-order chi connectivity index (χ0) is 11.5. The third-order valence-electron chi connectivity index (χ3n) is 2.40. The van der Waals surface area contributed by atoms with Crippen LogP contribution >= 0.6 is 0 Å². The summed E-state index contributed by atoms with van der Waals surface area (Å²) in [6.07, 6.45) is 1.79. The van der Waals surface area contributed by atoms with Gasteiger partial charge >= 0.3 is 0 Å². The van der Waals surface area contributed by atoms with E-state index >= 15 is 0 Å². The van der Waals surface area contributed by atoms with Crippen LogP contribution in [0.2, 0.25) is 0 Å². The number of phenolic OH excluding ortho intramolecular Hbond substituents is 1. The van der Waals surface area contributed by atoms with Crippen molar-refractivity contribution in [1.82, 2.24) is 10.1 Å². The van der Waals surface area contributed by atoms with E-state index < -0.39 is 0 Å². The van der Waals surface area contributed by atoms with Gasteiger partial charge in [-0.2, -0.15) is 4.98 Å². The maximum Gasteiger partial charge on any atom is 0.258 e. The molecule has 4 heteroatoms. The third-order valence-corrected chi connectivity index (χ3v) is 2.40. The minimum atomic E-state index is 0.243. The third kappa shape index (κ3) is 2.05. The summed E-state index contributed by atoms with van der Waals surface area (Å²) in [4.78, 5) is 4.25. The molecule has 0 unspecified atom stereocenters. The fourth-order valence-electron chi connectivity index (χ4n) is 1.44. The second-order valence-electron chi connectivity index (χ2n) is 3.77. The number of benzene rings is 1. The summed E-state index contributed by atoms with van der Waals surface area (Å²) in [5, 5.41) is 13.4. The number of aromatic nitrogens is 2. The van der Waals surface area contributed by atoms with Crippen molar-refractivity contribution in [2.45, 2.75) is 26.7 Å². The molecule has 16 heavy (non-hydrogen) atoms. The first-order chi connectivity index (χ1) is 7.70. The van der Waals surface area contributed by atoms with E-state index in [1.807, 2.05) is 19.1 Å². The first kappa shape index (κ1) is 10.7. The van der Waals surface area contributed by atoms with Gasteiger partial charge in [0, 0.05) is 12.0 Å². The molecule has 0 aliphatic carbocycles. The molecule has 0 amide bonds. The fraction of sp³-hybridized carbons (Fsp3) is 0.333. The average molecular weight is 218 g/mol. The van der Waals surface area contributed by atoms with Crippen LogP contribution < -0.4 is 0 Å². The Balaban J connectivity index is 2.31. The molecule has 0 atom stereocenters. The van der Waals surface area contributed by atoms with Crippen LogP contribution in [-0.4, -0.2) is 15.2 Å². The number of hydrogen-bond donors (Lipinski definition) is 1. The highest BCUT2D eigenvalue weighted by Crippen LogP contribution is 2.24. The lowest BCUT2D eigenvalue weighted by atomic mass is 10.1. The van der Waals surface area contributed by atoms with E-state index in [0.717, 1.165) is 24.0 Å². The van der Waals surface area contributed by atoms with Gasteiger partial charge < -0.3 is 9.63 Å². The van der Waals surface area contributed by atoms with Gasteiger partial charge in [0.25, 0.3) is 5.89 Å². The number of hydrogen-bond acceptors (Lipinski definition) is 4. The van der Waals surface area contributed by atoms with Crippen LogP contribution in [0.5, 0.6) is 5.75 Å². The zero-order valence-electron chi connectivity index (χ0n) is 9.40. The molecule has 0 fully saturated rings. The lowest BCUT2D eigenvalue weighted by Gasteiger charge is -1.99. The van der Waals surface area contributed by atoms with Crippen molar-refractivity contribution in [2.24, 2.45) is 0 Å². The van der Waals surface area contributed by atoms with E-state index in [4.69, 9.17) is 4.52 Å². The van der Waals surface area contributed by atoms with Gasteiger partial charge in [0.2, 0.25) is 0 Å². The summed E-state index contributed by atoms with van der Waals surface area (Å²) < 4.78 is 5.13. The number of aromatic hydroxyl groups is 1. The number of nitrogens with zero attached hydrogens (tertiary/aromatic N) is 2. The number of phenols is 1. The Morgan fingerprint density at radius 1 is 1.38 bits per heavy atom. The molecule has 0 spiro atoms. The number of rotatable bonds is 3. The Labute approximate surface area is 93.9 Å². The van der Waals surface area contributed by atoms with Crippen molar-refractivity contribution >= 4 is 0 Å². The van der Waals surface area contributed by atoms with Crippen LogP contribution in [0.25, 0.3) is 11.5 Å². The second kappa shape index (κ2) is 4.35. The summed E-state index contributed by atoms with van der Waals surface area (Å²) in [6.45, 7) is 3.91. The molecule has 0 aliphatic rings. The van der Waals surface area contributed by atoms with E-state index in [1.165, 1.54) is 0 Å². The van der Waals surface area contributed by atoms with Crippen LogP contribution in [0.1, 0.15) is 24.7 Å². The fourth-order valence-corrected chi connectivity index (χ4v) is 1.44. The molecule has 0 saturated carbocycles. The first-order valence-corrected chi connectivity index (χ1v) is 5.33. The van der Waals surface area contributed by atoms with Crippen LogP contribution in [0.4, 0.5) is 0 Å². The molecular formula is C12H14N2O2. The van der Waals surface area contributed by atoms with Crippen LogP contribution in [-0.2, 0) is 6.42 Å². The molecule has 1 heterocycles. The predicted molar refractivity (Wildman–Crippen MR) is 60.1 cm³/mol. The maximum absolute atomic E-state index is 9.58. The van der Waals surface area contributed by atoms with Gasteiger partial charge in [0.05, 0.1) is 0 Å². The van der Waals surface area contributed by atoms with Gasteiger partial charge in [-0.1, -0.05) is 18.1 Å². The monoisotopic (exact) mass is 218 g/mol. The Kier molecular flexibility index (Phi) is 2.90. The van der Waals surface area contributed by atoms with Crippen LogP contribution in [0.3, 0.4) is 0 Å². The van der Waals surface area contributed by atoms with Crippen LogP contribution in [0, 0.1) is 6.92 Å². The molecular weight excluding hydrogens is 204 g/mol. The minimum Gasteiger partial charge on any atom is -0.508 e. The largest absolute Gasteiger partial charge is 0.508 e. The number of aryl methyl sites for hydroxylation is 2. The minimum absolute atomic E-state index is 0.243. The Morgan fingerprint density at radius 2 is 2.19 bits per heavy atom. The molecule has 2 rings (SSSR count). The Morgan fingerprint density at radius 3 is 2.88 bits per heavy atom. The molecule has 0 saturated heterocycles. The predicted octanol–water partition coefficient (Wildman–Crippen LogP) is 2.70. The van der Waals surface area contributed by atoms with Crippen molar-refractivity contribution in [3.63, 3.8) is 0 Å².